The van der Waals surface area contributed by atoms with Crippen LogP contribution in [-0.2, 0) is 5.41 Å². The van der Waals surface area contributed by atoms with Crippen LogP contribution in [0.25, 0.3) is 0 Å². The van der Waals surface area contributed by atoms with Crippen molar-refractivity contribution in [1.29, 1.82) is 0 Å². The highest BCUT2D eigenvalue weighted by Gasteiger charge is 2.26. The summed E-state index contributed by atoms with van der Waals surface area (Å²) < 4.78 is 0. The summed E-state index contributed by atoms with van der Waals surface area (Å²) in [5, 5.41) is 0. The minimum absolute atomic E-state index is 0.127. The van der Waals surface area contributed by atoms with Crippen LogP contribution >= 0.6 is 0 Å². The second-order valence-electron chi connectivity index (χ2n) is 8.85. The van der Waals surface area contributed by atoms with Gasteiger partial charge in [0.25, 0.3) is 0 Å². The molecule has 194 valence electrons. The van der Waals surface area contributed by atoms with Crippen LogP contribution in [0.2, 0.25) is 0 Å². The molecule has 4 rings (SSSR count). The smallest absolute Gasteiger partial charge is 0.0172 e. The van der Waals surface area contributed by atoms with E-state index in [2.05, 4.69) is 130 Å². The molecular formula is C36H50. The lowest BCUT2D eigenvalue weighted by Crippen LogP contribution is -2.22. The molecule has 0 aliphatic heterocycles. The zero-order valence-corrected chi connectivity index (χ0v) is 24.0. The molecule has 0 aromatic heterocycles. The largest absolute Gasteiger partial charge is 0.0839 e. The molecule has 0 fully saturated rings. The van der Waals surface area contributed by atoms with Gasteiger partial charge in [-0.1, -0.05) is 164 Å². The van der Waals surface area contributed by atoms with Crippen LogP contribution in [0.15, 0.2) is 115 Å². The van der Waals surface area contributed by atoms with E-state index < -0.39 is 0 Å². The molecule has 1 unspecified atom stereocenters. The molecule has 1 aliphatic rings. The van der Waals surface area contributed by atoms with E-state index in [-0.39, 0.29) is 5.41 Å². The Morgan fingerprint density at radius 1 is 0.667 bits per heavy atom. The molecule has 0 heteroatoms. The molecule has 0 N–H and O–H groups in total. The summed E-state index contributed by atoms with van der Waals surface area (Å²) in [5.74, 6) is 0.600. The van der Waals surface area contributed by atoms with Crippen molar-refractivity contribution in [2.45, 2.75) is 91.9 Å². The molecule has 3 aromatic rings. The Hall–Kier alpha value is -2.86. The normalized spacial score (nSPS) is 12.9. The highest BCUT2D eigenvalue weighted by atomic mass is 14.3. The molecular weight excluding hydrogens is 432 g/mol. The summed E-state index contributed by atoms with van der Waals surface area (Å²) in [7, 11) is 0. The fourth-order valence-electron chi connectivity index (χ4n) is 4.58. The summed E-state index contributed by atoms with van der Waals surface area (Å²) >= 11 is 0. The number of allylic oxidation sites excluding steroid dienone is 4. The standard InChI is InChI=1S/C16H18.C16H20.2C2H6/c1-3-16(2,14-10-6-4-7-11-14)15-12-8-5-9-13-15;1-2-9-16(14-10-5-3-6-11-14)15-12-7-4-8-13-15;2*1-2/h4-13H,3H2,1-2H3;3,5-7,10-13,16H,2,4,8-9H2,1H3;2*1-2H3. The molecule has 0 bridgehead atoms. The van der Waals surface area contributed by atoms with Gasteiger partial charge < -0.3 is 0 Å². The zero-order valence-electron chi connectivity index (χ0n) is 24.0. The first-order valence-corrected chi connectivity index (χ1v) is 14.2. The SMILES string of the molecule is CC.CC.CCC(C)(c1ccccc1)c1ccccc1.CCCC(C1=CCCC=C1)c1ccccc1. The average molecular weight is 483 g/mol. The molecule has 1 atom stereocenters. The minimum atomic E-state index is 0.127. The average Bonchev–Trinajstić information content (AvgIpc) is 2.99. The molecule has 0 amide bonds. The lowest BCUT2D eigenvalue weighted by molar-refractivity contribution is 0.550. The Balaban J connectivity index is 0.000000317. The maximum absolute atomic E-state index is 2.41. The van der Waals surface area contributed by atoms with E-state index in [1.165, 1.54) is 47.9 Å². The summed E-state index contributed by atoms with van der Waals surface area (Å²) in [4.78, 5) is 0. The van der Waals surface area contributed by atoms with Crippen molar-refractivity contribution >= 4 is 0 Å². The molecule has 0 saturated carbocycles. The molecule has 0 nitrogen and oxygen atoms in total. The quantitative estimate of drug-likeness (QED) is 0.314. The van der Waals surface area contributed by atoms with Crippen molar-refractivity contribution in [3.8, 4) is 0 Å². The van der Waals surface area contributed by atoms with Crippen LogP contribution < -0.4 is 0 Å². The van der Waals surface area contributed by atoms with Crippen LogP contribution in [0.5, 0.6) is 0 Å². The summed E-state index contributed by atoms with van der Waals surface area (Å²) in [5.41, 5.74) is 5.89. The Morgan fingerprint density at radius 3 is 1.53 bits per heavy atom. The van der Waals surface area contributed by atoms with Gasteiger partial charge in [-0.2, -0.15) is 0 Å². The number of hydrogen-bond donors (Lipinski definition) is 0. The van der Waals surface area contributed by atoms with Gasteiger partial charge in [0.1, 0.15) is 0 Å². The van der Waals surface area contributed by atoms with E-state index in [9.17, 15) is 0 Å². The van der Waals surface area contributed by atoms with Gasteiger partial charge in [0.05, 0.1) is 0 Å². The second kappa shape index (κ2) is 18.4. The van der Waals surface area contributed by atoms with Gasteiger partial charge in [-0.05, 0) is 47.9 Å². The first-order chi connectivity index (χ1) is 17.7. The van der Waals surface area contributed by atoms with Crippen molar-refractivity contribution in [2.75, 3.05) is 0 Å². The molecule has 1 aliphatic carbocycles. The van der Waals surface area contributed by atoms with Gasteiger partial charge >= 0.3 is 0 Å². The summed E-state index contributed by atoms with van der Waals surface area (Å²) in [6.45, 7) is 14.8. The topological polar surface area (TPSA) is 0 Å². The van der Waals surface area contributed by atoms with Crippen molar-refractivity contribution in [2.24, 2.45) is 0 Å². The van der Waals surface area contributed by atoms with E-state index >= 15 is 0 Å². The van der Waals surface area contributed by atoms with Crippen molar-refractivity contribution < 1.29 is 0 Å². The maximum atomic E-state index is 2.41. The van der Waals surface area contributed by atoms with Crippen LogP contribution in [-0.4, -0.2) is 0 Å². The molecule has 0 spiro atoms. The fourth-order valence-corrected chi connectivity index (χ4v) is 4.58. The zero-order chi connectivity index (χ0) is 26.7. The number of benzene rings is 3. The van der Waals surface area contributed by atoms with Crippen LogP contribution in [0, 0.1) is 0 Å². The third-order valence-corrected chi connectivity index (χ3v) is 6.73. The van der Waals surface area contributed by atoms with Gasteiger partial charge in [0, 0.05) is 11.3 Å². The summed E-state index contributed by atoms with van der Waals surface area (Å²) in [6, 6.07) is 32.4. The predicted molar refractivity (Wildman–Crippen MR) is 163 cm³/mol. The first-order valence-electron chi connectivity index (χ1n) is 14.2. The fraction of sp³-hybridized carbons (Fsp3) is 0.389. The molecule has 0 saturated heterocycles. The van der Waals surface area contributed by atoms with Gasteiger partial charge in [-0.3, -0.25) is 0 Å². The van der Waals surface area contributed by atoms with Gasteiger partial charge in [0.2, 0.25) is 0 Å². The Labute approximate surface area is 223 Å². The minimum Gasteiger partial charge on any atom is -0.0839 e. The van der Waals surface area contributed by atoms with Crippen LogP contribution in [0.4, 0.5) is 0 Å². The maximum Gasteiger partial charge on any atom is 0.0172 e. The van der Waals surface area contributed by atoms with E-state index in [1.807, 2.05) is 27.7 Å². The lowest BCUT2D eigenvalue weighted by Gasteiger charge is -2.29. The monoisotopic (exact) mass is 482 g/mol. The third-order valence-electron chi connectivity index (χ3n) is 6.73. The van der Waals surface area contributed by atoms with Crippen LogP contribution in [0.1, 0.15) is 103 Å². The van der Waals surface area contributed by atoms with E-state index in [1.54, 1.807) is 0 Å². The van der Waals surface area contributed by atoms with Crippen LogP contribution in [0.3, 0.4) is 0 Å². The van der Waals surface area contributed by atoms with Gasteiger partial charge in [-0.15, -0.1) is 0 Å². The molecule has 3 aromatic carbocycles. The number of rotatable bonds is 7. The molecule has 36 heavy (non-hydrogen) atoms. The van der Waals surface area contributed by atoms with Crippen molar-refractivity contribution in [3.05, 3.63) is 131 Å². The highest BCUT2D eigenvalue weighted by Crippen LogP contribution is 2.34. The van der Waals surface area contributed by atoms with E-state index in [0.717, 1.165) is 6.42 Å². The Kier molecular flexibility index (Phi) is 15.9. The van der Waals surface area contributed by atoms with Crippen molar-refractivity contribution in [3.63, 3.8) is 0 Å². The first kappa shape index (κ1) is 31.2. The highest BCUT2D eigenvalue weighted by molar-refractivity contribution is 5.38. The van der Waals surface area contributed by atoms with Crippen molar-refractivity contribution in [1.82, 2.24) is 0 Å². The lowest BCUT2D eigenvalue weighted by atomic mass is 9.74. The number of hydrogen-bond acceptors (Lipinski definition) is 0. The Bertz CT molecular complexity index is 925. The summed E-state index contributed by atoms with van der Waals surface area (Å²) in [6.07, 6.45) is 13.0. The van der Waals surface area contributed by atoms with E-state index in [4.69, 9.17) is 0 Å². The van der Waals surface area contributed by atoms with E-state index in [0.29, 0.717) is 5.92 Å². The van der Waals surface area contributed by atoms with Gasteiger partial charge in [0.15, 0.2) is 0 Å². The third kappa shape index (κ3) is 9.30. The molecule has 0 radical (unpaired) electrons. The Morgan fingerprint density at radius 2 is 1.14 bits per heavy atom. The molecule has 0 heterocycles. The predicted octanol–water partition coefficient (Wildman–Crippen LogP) is 11.3. The van der Waals surface area contributed by atoms with Gasteiger partial charge in [-0.25, -0.2) is 0 Å². The second-order valence-corrected chi connectivity index (χ2v) is 8.85.